The van der Waals surface area contributed by atoms with Crippen LogP contribution in [0.2, 0.25) is 0 Å². The molecule has 0 heterocycles. The summed E-state index contributed by atoms with van der Waals surface area (Å²) in [7, 11) is 0. The monoisotopic (exact) mass is 326 g/mol. The molecule has 120 valence electrons. The van der Waals surface area contributed by atoms with Crippen molar-refractivity contribution in [3.63, 3.8) is 0 Å². The van der Waals surface area contributed by atoms with E-state index in [9.17, 15) is 39.2 Å². The molecular weight excluding hydrogens is 318 g/mol. The smallest absolute Gasteiger partial charge is 0.311 e. The Bertz CT molecular complexity index is 757. The summed E-state index contributed by atoms with van der Waals surface area (Å²) in [6.45, 7) is 0. The lowest BCUT2D eigenvalue weighted by Gasteiger charge is -2.07. The van der Waals surface area contributed by atoms with E-state index in [2.05, 4.69) is 0 Å². The van der Waals surface area contributed by atoms with E-state index in [-0.39, 0.29) is 11.1 Å². The van der Waals surface area contributed by atoms with Gasteiger partial charge in [0.15, 0.2) is 11.5 Å². The van der Waals surface area contributed by atoms with Crippen molar-refractivity contribution < 1.29 is 28.8 Å². The molecule has 0 aromatic heterocycles. The van der Waals surface area contributed by atoms with Crippen LogP contribution in [0.3, 0.4) is 0 Å². The molecule has 2 aromatic carbocycles. The molecule has 0 aliphatic rings. The summed E-state index contributed by atoms with van der Waals surface area (Å²) >= 11 is 0. The molecule has 2 aromatic rings. The average molecular weight is 326 g/mol. The molecule has 0 unspecified atom stereocenters. The van der Waals surface area contributed by atoms with Crippen LogP contribution in [0, 0.1) is 31.9 Å². The van der Waals surface area contributed by atoms with Crippen molar-refractivity contribution in [2.24, 2.45) is 0 Å². The lowest BCUT2D eigenvalue weighted by molar-refractivity contribution is -0.386. The Morgan fingerprint density at radius 2 is 1.17 bits per heavy atom. The highest BCUT2D eigenvalue weighted by atomic mass is 19.1. The highest BCUT2D eigenvalue weighted by Gasteiger charge is 2.22. The highest BCUT2D eigenvalue weighted by molar-refractivity contribution is 5.52. The second-order valence-electron chi connectivity index (χ2n) is 4.56. The molecule has 0 aliphatic heterocycles. The summed E-state index contributed by atoms with van der Waals surface area (Å²) in [5, 5.41) is 40.0. The second kappa shape index (κ2) is 5.83. The Hall–Kier alpha value is -3.30. The Morgan fingerprint density at radius 1 is 0.826 bits per heavy atom. The summed E-state index contributed by atoms with van der Waals surface area (Å²) in [5.41, 5.74) is -2.24. The van der Waals surface area contributed by atoms with Gasteiger partial charge in [-0.1, -0.05) is 0 Å². The lowest BCUT2D eigenvalue weighted by Crippen LogP contribution is -2.00. The van der Waals surface area contributed by atoms with E-state index in [1.165, 1.54) is 0 Å². The first kappa shape index (κ1) is 16.1. The number of halogens is 2. The molecule has 0 fully saturated rings. The van der Waals surface area contributed by atoms with Gasteiger partial charge in [-0.25, -0.2) is 8.78 Å². The largest absolute Gasteiger partial charge is 0.502 e. The van der Waals surface area contributed by atoms with E-state index < -0.39 is 50.8 Å². The van der Waals surface area contributed by atoms with Crippen LogP contribution in [0.25, 0.3) is 0 Å². The molecule has 0 amide bonds. The molecule has 0 saturated carbocycles. The Balaban J connectivity index is 2.51. The third-order valence-corrected chi connectivity index (χ3v) is 3.06. The van der Waals surface area contributed by atoms with Crippen molar-refractivity contribution in [1.29, 1.82) is 0 Å². The Kier molecular flexibility index (Phi) is 4.08. The first-order chi connectivity index (χ1) is 10.7. The van der Waals surface area contributed by atoms with Gasteiger partial charge in [0.1, 0.15) is 11.6 Å². The first-order valence-corrected chi connectivity index (χ1v) is 6.02. The summed E-state index contributed by atoms with van der Waals surface area (Å²) in [6, 6.07) is 2.42. The molecule has 10 heteroatoms. The fraction of sp³-hybridized carbons (Fsp3) is 0.0769. The van der Waals surface area contributed by atoms with Gasteiger partial charge < -0.3 is 10.2 Å². The summed E-state index contributed by atoms with van der Waals surface area (Å²) in [5.74, 6) is -3.87. The van der Waals surface area contributed by atoms with Crippen LogP contribution in [0.4, 0.5) is 20.2 Å². The van der Waals surface area contributed by atoms with Crippen molar-refractivity contribution in [1.82, 2.24) is 0 Å². The van der Waals surface area contributed by atoms with Crippen molar-refractivity contribution >= 4 is 11.4 Å². The van der Waals surface area contributed by atoms with Crippen LogP contribution >= 0.6 is 0 Å². The highest BCUT2D eigenvalue weighted by Crippen LogP contribution is 2.33. The third-order valence-electron chi connectivity index (χ3n) is 3.06. The third kappa shape index (κ3) is 3.15. The van der Waals surface area contributed by atoms with Gasteiger partial charge in [-0.15, -0.1) is 0 Å². The summed E-state index contributed by atoms with van der Waals surface area (Å²) < 4.78 is 27.5. The van der Waals surface area contributed by atoms with Crippen molar-refractivity contribution in [2.45, 2.75) is 6.42 Å². The normalized spacial score (nSPS) is 10.5. The molecular formula is C13H8F2N2O6. The molecule has 23 heavy (non-hydrogen) atoms. The molecule has 2 N–H and O–H groups in total. The maximum absolute atomic E-state index is 13.8. The quantitative estimate of drug-likeness (QED) is 0.657. The first-order valence-electron chi connectivity index (χ1n) is 6.02. The number of phenols is 2. The fourth-order valence-corrected chi connectivity index (χ4v) is 1.96. The van der Waals surface area contributed by atoms with Crippen molar-refractivity contribution in [2.75, 3.05) is 0 Å². The van der Waals surface area contributed by atoms with Gasteiger partial charge in [0.25, 0.3) is 0 Å². The van der Waals surface area contributed by atoms with Crippen LogP contribution in [-0.2, 0) is 6.42 Å². The standard InChI is InChI=1S/C13H8F2N2O6/c14-8-4-12(18)10(16(20)21)2-6(8)1-7-3-11(17(22)23)13(19)5-9(7)15/h2-5,18-19H,1H2. The number of benzene rings is 2. The van der Waals surface area contributed by atoms with Crippen LogP contribution in [-0.4, -0.2) is 20.1 Å². The average Bonchev–Trinajstić information content (AvgIpc) is 2.43. The predicted molar refractivity (Wildman–Crippen MR) is 72.2 cm³/mol. The number of aromatic hydroxyl groups is 2. The SMILES string of the molecule is O=[N+]([O-])c1cc(Cc2cc([N+](=O)[O-])c(O)cc2F)c(F)cc1O. The molecule has 0 aliphatic carbocycles. The lowest BCUT2D eigenvalue weighted by atomic mass is 10.0. The predicted octanol–water partition coefficient (Wildman–Crippen LogP) is 2.78. The topological polar surface area (TPSA) is 127 Å². The van der Waals surface area contributed by atoms with Gasteiger partial charge in [0, 0.05) is 30.7 Å². The minimum absolute atomic E-state index is 0.339. The van der Waals surface area contributed by atoms with Gasteiger partial charge in [0.05, 0.1) is 9.85 Å². The number of rotatable bonds is 4. The van der Waals surface area contributed by atoms with Gasteiger partial charge in [0.2, 0.25) is 0 Å². The zero-order valence-corrected chi connectivity index (χ0v) is 11.2. The molecule has 0 radical (unpaired) electrons. The van der Waals surface area contributed by atoms with Crippen LogP contribution in [0.1, 0.15) is 11.1 Å². The maximum atomic E-state index is 13.8. The van der Waals surface area contributed by atoms with Crippen molar-refractivity contribution in [3.8, 4) is 11.5 Å². The fourth-order valence-electron chi connectivity index (χ4n) is 1.96. The minimum Gasteiger partial charge on any atom is -0.502 e. The number of nitrogens with zero attached hydrogens (tertiary/aromatic N) is 2. The summed E-state index contributed by atoms with van der Waals surface area (Å²) in [4.78, 5) is 19.5. The van der Waals surface area contributed by atoms with Gasteiger partial charge in [-0.05, 0) is 11.1 Å². The molecule has 0 atom stereocenters. The zero-order valence-electron chi connectivity index (χ0n) is 11.2. The molecule has 8 nitrogen and oxygen atoms in total. The van der Waals surface area contributed by atoms with E-state index in [0.29, 0.717) is 24.3 Å². The second-order valence-corrected chi connectivity index (χ2v) is 4.56. The minimum atomic E-state index is -1.04. The Morgan fingerprint density at radius 3 is 1.48 bits per heavy atom. The van der Waals surface area contributed by atoms with Crippen LogP contribution < -0.4 is 0 Å². The zero-order chi connectivity index (χ0) is 17.3. The van der Waals surface area contributed by atoms with E-state index in [1.807, 2.05) is 0 Å². The van der Waals surface area contributed by atoms with E-state index >= 15 is 0 Å². The Labute approximate surface area is 126 Å². The maximum Gasteiger partial charge on any atom is 0.311 e. The van der Waals surface area contributed by atoms with Gasteiger partial charge >= 0.3 is 11.4 Å². The van der Waals surface area contributed by atoms with E-state index in [4.69, 9.17) is 0 Å². The van der Waals surface area contributed by atoms with E-state index in [0.717, 1.165) is 0 Å². The van der Waals surface area contributed by atoms with E-state index in [1.54, 1.807) is 0 Å². The number of hydrogen-bond acceptors (Lipinski definition) is 6. The number of phenolic OH excluding ortho intramolecular Hbond substituents is 2. The van der Waals surface area contributed by atoms with Crippen LogP contribution in [0.5, 0.6) is 11.5 Å². The van der Waals surface area contributed by atoms with Gasteiger partial charge in [-0.3, -0.25) is 20.2 Å². The number of hydrogen-bond donors (Lipinski definition) is 2. The molecule has 0 spiro atoms. The van der Waals surface area contributed by atoms with Crippen LogP contribution in [0.15, 0.2) is 24.3 Å². The van der Waals surface area contributed by atoms with Gasteiger partial charge in [-0.2, -0.15) is 0 Å². The number of nitro groups is 2. The molecule has 2 rings (SSSR count). The molecule has 0 saturated heterocycles. The molecule has 0 bridgehead atoms. The number of nitro benzene ring substituents is 2. The van der Waals surface area contributed by atoms with Crippen molar-refractivity contribution in [3.05, 3.63) is 67.3 Å². The summed E-state index contributed by atoms with van der Waals surface area (Å²) in [6.07, 6.45) is -0.542.